The summed E-state index contributed by atoms with van der Waals surface area (Å²) in [6.45, 7) is 8.06. The van der Waals surface area contributed by atoms with Crippen LogP contribution < -0.4 is 9.80 Å². The third-order valence-corrected chi connectivity index (χ3v) is 6.81. The van der Waals surface area contributed by atoms with Gasteiger partial charge in [-0.15, -0.1) is 0 Å². The molecule has 4 nitrogen and oxygen atoms in total. The minimum atomic E-state index is -0.211. The summed E-state index contributed by atoms with van der Waals surface area (Å²) in [6, 6.07) is 7.72. The van der Waals surface area contributed by atoms with Gasteiger partial charge in [-0.1, -0.05) is 36.7 Å². The van der Waals surface area contributed by atoms with Gasteiger partial charge in [-0.3, -0.25) is 9.59 Å². The lowest BCUT2D eigenvalue weighted by Crippen LogP contribution is -3.18. The Morgan fingerprint density at radius 2 is 1.80 bits per heavy atom. The lowest BCUT2D eigenvalue weighted by atomic mass is 9.65. The largest absolute Gasteiger partial charge is 0.321 e. The molecular weight excluding hydrogens is 380 g/mol. The van der Waals surface area contributed by atoms with Crippen LogP contribution in [0.15, 0.2) is 28.7 Å². The van der Waals surface area contributed by atoms with Crippen LogP contribution in [0.25, 0.3) is 0 Å². The lowest BCUT2D eigenvalue weighted by molar-refractivity contribution is -0.929. The first kappa shape index (κ1) is 17.2. The number of amides is 2. The van der Waals surface area contributed by atoms with Gasteiger partial charge in [0.15, 0.2) is 6.04 Å². The van der Waals surface area contributed by atoms with Gasteiger partial charge in [-0.25, -0.2) is 4.90 Å². The van der Waals surface area contributed by atoms with Crippen molar-refractivity contribution in [2.75, 3.05) is 11.4 Å². The first-order chi connectivity index (χ1) is 11.7. The van der Waals surface area contributed by atoms with Gasteiger partial charge in [-0.05, 0) is 36.1 Å². The maximum Gasteiger partial charge on any atom is 0.292 e. The van der Waals surface area contributed by atoms with Crippen molar-refractivity contribution in [3.63, 3.8) is 0 Å². The van der Waals surface area contributed by atoms with Crippen LogP contribution in [0, 0.1) is 10.8 Å². The van der Waals surface area contributed by atoms with Gasteiger partial charge in [0.05, 0.1) is 24.7 Å². The van der Waals surface area contributed by atoms with Crippen molar-refractivity contribution in [2.24, 2.45) is 10.8 Å². The van der Waals surface area contributed by atoms with Crippen molar-refractivity contribution in [1.29, 1.82) is 0 Å². The van der Waals surface area contributed by atoms with Crippen LogP contribution in [0.3, 0.4) is 0 Å². The molecule has 0 aromatic heterocycles. The molecule has 2 aliphatic heterocycles. The molecule has 134 valence electrons. The molecule has 4 atom stereocenters. The number of halogens is 1. The summed E-state index contributed by atoms with van der Waals surface area (Å²) >= 11 is 3.40. The second-order valence-electron chi connectivity index (χ2n) is 9.31. The van der Waals surface area contributed by atoms with Crippen LogP contribution >= 0.6 is 15.9 Å². The number of benzene rings is 1. The second-order valence-corrected chi connectivity index (χ2v) is 10.2. The van der Waals surface area contributed by atoms with Gasteiger partial charge < -0.3 is 4.90 Å². The third-order valence-electron chi connectivity index (χ3n) is 6.28. The zero-order chi connectivity index (χ0) is 18.0. The van der Waals surface area contributed by atoms with Gasteiger partial charge in [-0.2, -0.15) is 0 Å². The van der Waals surface area contributed by atoms with Gasteiger partial charge in [0.2, 0.25) is 5.91 Å². The summed E-state index contributed by atoms with van der Waals surface area (Å²) in [7, 11) is 0. The van der Waals surface area contributed by atoms with Crippen LogP contribution in [0.4, 0.5) is 5.69 Å². The number of fused-ring (bicyclic) bond motifs is 2. The lowest BCUT2D eigenvalue weighted by Gasteiger charge is -2.37. The van der Waals surface area contributed by atoms with E-state index in [1.807, 2.05) is 24.3 Å². The van der Waals surface area contributed by atoms with E-state index in [9.17, 15) is 9.59 Å². The van der Waals surface area contributed by atoms with Crippen LogP contribution in [0.1, 0.15) is 46.5 Å². The minimum Gasteiger partial charge on any atom is -0.321 e. The summed E-state index contributed by atoms with van der Waals surface area (Å²) < 4.78 is 0.945. The highest BCUT2D eigenvalue weighted by atomic mass is 79.9. The maximum atomic E-state index is 13.1. The molecule has 0 spiro atoms. The Kier molecular flexibility index (Phi) is 3.89. The molecule has 2 amide bonds. The highest BCUT2D eigenvalue weighted by Crippen LogP contribution is 2.47. The van der Waals surface area contributed by atoms with Gasteiger partial charge in [0, 0.05) is 22.7 Å². The fourth-order valence-electron chi connectivity index (χ4n) is 5.86. The van der Waals surface area contributed by atoms with Crippen molar-refractivity contribution in [3.05, 3.63) is 28.7 Å². The zero-order valence-corrected chi connectivity index (χ0v) is 16.7. The standard InChI is InChI=1S/C20H25BrN2O2/c1-19(2)9-15-10-20(3,11-19)12-22(15)16-8-17(24)23(18(16)25)14-6-4-13(21)5-7-14/h4-7,15-16H,8-12H2,1-3H3/p+1/t15-,16+,20-/m0/s1. The van der Waals surface area contributed by atoms with E-state index in [2.05, 4.69) is 36.7 Å². The molecule has 2 bridgehead atoms. The average molecular weight is 406 g/mol. The van der Waals surface area contributed by atoms with E-state index in [0.29, 0.717) is 29.0 Å². The van der Waals surface area contributed by atoms with E-state index in [1.165, 1.54) is 22.6 Å². The summed E-state index contributed by atoms with van der Waals surface area (Å²) in [5.74, 6) is -0.0769. The van der Waals surface area contributed by atoms with Crippen molar-refractivity contribution >= 4 is 33.4 Å². The van der Waals surface area contributed by atoms with Crippen LogP contribution in [0.2, 0.25) is 0 Å². The molecule has 2 saturated heterocycles. The summed E-state index contributed by atoms with van der Waals surface area (Å²) in [4.78, 5) is 28.5. The Hall–Kier alpha value is -1.20. The Morgan fingerprint density at radius 1 is 1.12 bits per heavy atom. The fraction of sp³-hybridized carbons (Fsp3) is 0.600. The van der Waals surface area contributed by atoms with Gasteiger partial charge >= 0.3 is 0 Å². The van der Waals surface area contributed by atoms with E-state index in [4.69, 9.17) is 0 Å². The van der Waals surface area contributed by atoms with Crippen LogP contribution in [-0.4, -0.2) is 30.4 Å². The molecule has 25 heavy (non-hydrogen) atoms. The number of hydrogen-bond donors (Lipinski definition) is 1. The van der Waals surface area contributed by atoms with E-state index in [-0.39, 0.29) is 17.9 Å². The maximum absolute atomic E-state index is 13.1. The number of likely N-dealkylation sites (tertiary alicyclic amines) is 1. The summed E-state index contributed by atoms with van der Waals surface area (Å²) in [6.07, 6.45) is 3.89. The molecule has 1 aromatic carbocycles. The number of anilines is 1. The molecule has 2 heterocycles. The fourth-order valence-corrected chi connectivity index (χ4v) is 6.12. The smallest absolute Gasteiger partial charge is 0.292 e. The predicted octanol–water partition coefficient (Wildman–Crippen LogP) is 2.56. The van der Waals surface area contributed by atoms with E-state index >= 15 is 0 Å². The van der Waals surface area contributed by atoms with Crippen molar-refractivity contribution in [2.45, 2.75) is 58.5 Å². The first-order valence-electron chi connectivity index (χ1n) is 9.16. The Balaban J connectivity index is 1.59. The number of imide groups is 1. The van der Waals surface area contributed by atoms with Crippen LogP contribution in [-0.2, 0) is 9.59 Å². The Labute approximate surface area is 157 Å². The van der Waals surface area contributed by atoms with Gasteiger partial charge in [0.25, 0.3) is 5.91 Å². The van der Waals surface area contributed by atoms with E-state index in [1.54, 1.807) is 0 Å². The van der Waals surface area contributed by atoms with E-state index in [0.717, 1.165) is 17.4 Å². The number of nitrogens with one attached hydrogen (secondary N) is 1. The van der Waals surface area contributed by atoms with Crippen LogP contribution in [0.5, 0.6) is 0 Å². The highest BCUT2D eigenvalue weighted by molar-refractivity contribution is 9.10. The molecule has 0 radical (unpaired) electrons. The number of rotatable bonds is 2. The number of carbonyl (C=O) groups is 2. The molecule has 1 N–H and O–H groups in total. The molecule has 1 aromatic rings. The third kappa shape index (κ3) is 2.95. The van der Waals surface area contributed by atoms with Crippen molar-refractivity contribution in [1.82, 2.24) is 0 Å². The molecule has 3 fully saturated rings. The van der Waals surface area contributed by atoms with E-state index < -0.39 is 0 Å². The summed E-state index contributed by atoms with van der Waals surface area (Å²) in [5.41, 5.74) is 1.32. The summed E-state index contributed by atoms with van der Waals surface area (Å²) in [5, 5.41) is 0. The SMILES string of the molecule is CC1(C)C[C@H]2C[C@](C)(C[NH+]2[C@@H]2CC(=O)N(c3ccc(Br)cc3)C2=O)C1. The number of quaternary nitrogens is 1. The highest BCUT2D eigenvalue weighted by Gasteiger charge is 2.58. The molecule has 1 aliphatic carbocycles. The molecular formula is C20H26BrN2O2+. The zero-order valence-electron chi connectivity index (χ0n) is 15.1. The van der Waals surface area contributed by atoms with Gasteiger partial charge in [0.1, 0.15) is 0 Å². The second kappa shape index (κ2) is 5.65. The molecule has 1 saturated carbocycles. The Bertz CT molecular complexity index is 730. The Morgan fingerprint density at radius 3 is 2.48 bits per heavy atom. The minimum absolute atomic E-state index is 0.0173. The molecule has 3 aliphatic rings. The topological polar surface area (TPSA) is 41.8 Å². The molecule has 4 rings (SSSR count). The number of carbonyl (C=O) groups excluding carboxylic acids is 2. The average Bonchev–Trinajstić information content (AvgIpc) is 2.92. The quantitative estimate of drug-likeness (QED) is 0.768. The normalized spacial score (nSPS) is 37.0. The first-order valence-corrected chi connectivity index (χ1v) is 9.95. The molecule has 5 heteroatoms. The van der Waals surface area contributed by atoms with Crippen molar-refractivity contribution in [3.8, 4) is 0 Å². The van der Waals surface area contributed by atoms with Crippen molar-refractivity contribution < 1.29 is 14.5 Å². The predicted molar refractivity (Wildman–Crippen MR) is 100 cm³/mol. The number of nitrogens with zero attached hydrogens (tertiary/aromatic N) is 1. The number of hydrogen-bond acceptors (Lipinski definition) is 2. The molecule has 1 unspecified atom stereocenters. The monoisotopic (exact) mass is 405 g/mol.